The Morgan fingerprint density at radius 1 is 1.33 bits per heavy atom. The Morgan fingerprint density at radius 3 is 2.44 bits per heavy atom. The van der Waals surface area contributed by atoms with Gasteiger partial charge in [0.1, 0.15) is 0 Å². The molecule has 0 saturated heterocycles. The summed E-state index contributed by atoms with van der Waals surface area (Å²) in [6, 6.07) is 7.43. The smallest absolute Gasteiger partial charge is 0.241 e. The molecule has 1 unspecified atom stereocenters. The number of amides is 1. The Kier molecular flexibility index (Phi) is 5.82. The molecule has 1 rings (SSSR count). The maximum atomic E-state index is 11.7. The van der Waals surface area contributed by atoms with Crippen molar-refractivity contribution in [2.45, 2.75) is 32.4 Å². The van der Waals surface area contributed by atoms with E-state index in [4.69, 9.17) is 5.73 Å². The maximum absolute atomic E-state index is 11.7. The molecule has 3 N–H and O–H groups in total. The van der Waals surface area contributed by atoms with Gasteiger partial charge >= 0.3 is 0 Å². The molecule has 0 aromatic heterocycles. The summed E-state index contributed by atoms with van der Waals surface area (Å²) in [7, 11) is 4.05. The van der Waals surface area contributed by atoms with Crippen LogP contribution in [0, 0.1) is 0 Å². The summed E-state index contributed by atoms with van der Waals surface area (Å²) < 4.78 is 0. The lowest BCUT2D eigenvalue weighted by Crippen LogP contribution is -2.35. The van der Waals surface area contributed by atoms with Gasteiger partial charge in [0.15, 0.2) is 0 Å². The van der Waals surface area contributed by atoms with Crippen molar-refractivity contribution in [3.63, 3.8) is 0 Å². The molecule has 4 nitrogen and oxygen atoms in total. The summed E-state index contributed by atoms with van der Waals surface area (Å²) in [5, 5.41) is 2.83. The van der Waals surface area contributed by atoms with Crippen molar-refractivity contribution in [1.29, 1.82) is 0 Å². The first-order valence-electron chi connectivity index (χ1n) is 6.33. The summed E-state index contributed by atoms with van der Waals surface area (Å²) in [5.74, 6) is -0.114. The van der Waals surface area contributed by atoms with Crippen LogP contribution < -0.4 is 11.1 Å². The molecule has 0 heterocycles. The number of hydrogen-bond donors (Lipinski definition) is 2. The van der Waals surface area contributed by atoms with Gasteiger partial charge in [0.25, 0.3) is 0 Å². The average molecular weight is 249 g/mol. The first-order valence-corrected chi connectivity index (χ1v) is 6.33. The highest BCUT2D eigenvalue weighted by Crippen LogP contribution is 2.11. The van der Waals surface area contributed by atoms with E-state index in [-0.39, 0.29) is 5.91 Å². The second-order valence-corrected chi connectivity index (χ2v) is 4.82. The predicted molar refractivity (Wildman–Crippen MR) is 75.3 cm³/mol. The summed E-state index contributed by atoms with van der Waals surface area (Å²) in [5.41, 5.74) is 7.77. The summed E-state index contributed by atoms with van der Waals surface area (Å²) >= 11 is 0. The molecule has 1 aromatic carbocycles. The molecule has 0 aliphatic rings. The topological polar surface area (TPSA) is 58.4 Å². The Bertz CT molecular complexity index is 373. The highest BCUT2D eigenvalue weighted by atomic mass is 16.2. The Labute approximate surface area is 109 Å². The van der Waals surface area contributed by atoms with Gasteiger partial charge in [-0.25, -0.2) is 0 Å². The number of anilines is 1. The van der Waals surface area contributed by atoms with E-state index in [9.17, 15) is 4.79 Å². The standard InChI is InChI=1S/C14H23N3O/c1-4-5-13(15)14(18)16-12-8-6-11(7-9-12)10-17(2)3/h6-9,13H,4-5,10,15H2,1-3H3,(H,16,18). The van der Waals surface area contributed by atoms with Crippen LogP contribution in [0.15, 0.2) is 24.3 Å². The molecule has 1 atom stereocenters. The van der Waals surface area contributed by atoms with Gasteiger partial charge in [0.05, 0.1) is 6.04 Å². The lowest BCUT2D eigenvalue weighted by Gasteiger charge is -2.13. The third-order valence-corrected chi connectivity index (χ3v) is 2.66. The fourth-order valence-electron chi connectivity index (χ4n) is 1.74. The zero-order valence-corrected chi connectivity index (χ0v) is 11.4. The minimum Gasteiger partial charge on any atom is -0.325 e. The Morgan fingerprint density at radius 2 is 1.94 bits per heavy atom. The normalized spacial score (nSPS) is 12.5. The minimum absolute atomic E-state index is 0.114. The van der Waals surface area contributed by atoms with Crippen LogP contribution in [0.25, 0.3) is 0 Å². The van der Waals surface area contributed by atoms with E-state index in [0.717, 1.165) is 18.7 Å². The number of rotatable bonds is 6. The van der Waals surface area contributed by atoms with Gasteiger partial charge in [-0.15, -0.1) is 0 Å². The van der Waals surface area contributed by atoms with E-state index in [1.54, 1.807) is 0 Å². The quantitative estimate of drug-likeness (QED) is 0.808. The van der Waals surface area contributed by atoms with E-state index in [1.165, 1.54) is 5.56 Å². The van der Waals surface area contributed by atoms with Gasteiger partial charge in [0, 0.05) is 12.2 Å². The molecule has 0 aliphatic heterocycles. The van der Waals surface area contributed by atoms with Crippen LogP contribution >= 0.6 is 0 Å². The van der Waals surface area contributed by atoms with E-state index in [0.29, 0.717) is 6.42 Å². The molecule has 0 bridgehead atoms. The Hall–Kier alpha value is -1.39. The Balaban J connectivity index is 2.55. The molecule has 0 spiro atoms. The highest BCUT2D eigenvalue weighted by Gasteiger charge is 2.11. The first kappa shape index (κ1) is 14.7. The first-order chi connectivity index (χ1) is 8.52. The maximum Gasteiger partial charge on any atom is 0.241 e. The van der Waals surface area contributed by atoms with Crippen LogP contribution in [0.2, 0.25) is 0 Å². The van der Waals surface area contributed by atoms with Crippen LogP contribution in [0.4, 0.5) is 5.69 Å². The number of nitrogens with two attached hydrogens (primary N) is 1. The number of nitrogens with zero attached hydrogens (tertiary/aromatic N) is 1. The van der Waals surface area contributed by atoms with Gasteiger partial charge < -0.3 is 16.0 Å². The lowest BCUT2D eigenvalue weighted by atomic mass is 10.1. The molecular weight excluding hydrogens is 226 g/mol. The molecule has 0 fully saturated rings. The van der Waals surface area contributed by atoms with E-state index >= 15 is 0 Å². The van der Waals surface area contributed by atoms with Crippen molar-refractivity contribution in [2.24, 2.45) is 5.73 Å². The number of benzene rings is 1. The third kappa shape index (κ3) is 4.85. The predicted octanol–water partition coefficient (Wildman–Crippen LogP) is 1.81. The van der Waals surface area contributed by atoms with Gasteiger partial charge in [-0.1, -0.05) is 25.5 Å². The molecule has 1 aromatic rings. The van der Waals surface area contributed by atoms with Crippen LogP contribution in [-0.2, 0) is 11.3 Å². The largest absolute Gasteiger partial charge is 0.325 e. The van der Waals surface area contributed by atoms with Gasteiger partial charge in [0.2, 0.25) is 5.91 Å². The highest BCUT2D eigenvalue weighted by molar-refractivity contribution is 5.94. The van der Waals surface area contributed by atoms with Crippen molar-refractivity contribution < 1.29 is 4.79 Å². The van der Waals surface area contributed by atoms with Crippen molar-refractivity contribution in [1.82, 2.24) is 4.90 Å². The number of hydrogen-bond acceptors (Lipinski definition) is 3. The van der Waals surface area contributed by atoms with Crippen molar-refractivity contribution in [3.8, 4) is 0 Å². The fraction of sp³-hybridized carbons (Fsp3) is 0.500. The molecule has 18 heavy (non-hydrogen) atoms. The van der Waals surface area contributed by atoms with Crippen molar-refractivity contribution >= 4 is 11.6 Å². The summed E-state index contributed by atoms with van der Waals surface area (Å²) in [4.78, 5) is 13.8. The van der Waals surface area contributed by atoms with E-state index in [2.05, 4.69) is 10.2 Å². The SMILES string of the molecule is CCCC(N)C(=O)Nc1ccc(CN(C)C)cc1. The summed E-state index contributed by atoms with van der Waals surface area (Å²) in [6.45, 7) is 2.91. The van der Waals surface area contributed by atoms with E-state index in [1.807, 2.05) is 45.3 Å². The lowest BCUT2D eigenvalue weighted by molar-refractivity contribution is -0.117. The number of carbonyl (C=O) groups excluding carboxylic acids is 1. The zero-order valence-electron chi connectivity index (χ0n) is 11.4. The number of nitrogens with one attached hydrogen (secondary N) is 1. The van der Waals surface area contributed by atoms with Crippen molar-refractivity contribution in [2.75, 3.05) is 19.4 Å². The van der Waals surface area contributed by atoms with Gasteiger partial charge in [-0.05, 0) is 38.2 Å². The molecular formula is C14H23N3O. The van der Waals surface area contributed by atoms with Crippen molar-refractivity contribution in [3.05, 3.63) is 29.8 Å². The third-order valence-electron chi connectivity index (χ3n) is 2.66. The van der Waals surface area contributed by atoms with Crippen LogP contribution in [0.1, 0.15) is 25.3 Å². The van der Waals surface area contributed by atoms with E-state index < -0.39 is 6.04 Å². The van der Waals surface area contributed by atoms with Crippen LogP contribution in [0.3, 0.4) is 0 Å². The zero-order chi connectivity index (χ0) is 13.5. The molecule has 0 aliphatic carbocycles. The van der Waals surface area contributed by atoms with Crippen LogP contribution in [-0.4, -0.2) is 30.9 Å². The fourth-order valence-corrected chi connectivity index (χ4v) is 1.74. The molecule has 1 amide bonds. The second kappa shape index (κ2) is 7.13. The average Bonchev–Trinajstić information content (AvgIpc) is 2.31. The monoisotopic (exact) mass is 249 g/mol. The van der Waals surface area contributed by atoms with Gasteiger partial charge in [-0.2, -0.15) is 0 Å². The molecule has 100 valence electrons. The van der Waals surface area contributed by atoms with Crippen LogP contribution in [0.5, 0.6) is 0 Å². The molecule has 4 heteroatoms. The molecule has 0 saturated carbocycles. The minimum atomic E-state index is -0.420. The number of carbonyl (C=O) groups is 1. The molecule has 0 radical (unpaired) electrons. The van der Waals surface area contributed by atoms with Gasteiger partial charge in [-0.3, -0.25) is 4.79 Å². The second-order valence-electron chi connectivity index (χ2n) is 4.82. The summed E-state index contributed by atoms with van der Waals surface area (Å²) in [6.07, 6.45) is 1.63.